The number of aryl methyl sites for hydroxylation is 1. The van der Waals surface area contributed by atoms with E-state index in [0.29, 0.717) is 0 Å². The van der Waals surface area contributed by atoms with E-state index in [-0.39, 0.29) is 0 Å². The summed E-state index contributed by atoms with van der Waals surface area (Å²) in [5.41, 5.74) is 6.13. The summed E-state index contributed by atoms with van der Waals surface area (Å²) in [5, 5.41) is 3.49. The number of para-hydroxylation sites is 1. The molecule has 130 valence electrons. The molecule has 0 saturated carbocycles. The van der Waals surface area contributed by atoms with Crippen LogP contribution >= 0.6 is 15.9 Å². The number of fused-ring (bicyclic) bond motifs is 6. The monoisotopic (exact) mass is 414 g/mol. The van der Waals surface area contributed by atoms with Crippen LogP contribution in [-0.2, 0) is 6.42 Å². The van der Waals surface area contributed by atoms with Gasteiger partial charge in [0.1, 0.15) is 22.5 Å². The normalized spacial score (nSPS) is 13.7. The zero-order valence-corrected chi connectivity index (χ0v) is 16.0. The molecule has 1 aliphatic rings. The van der Waals surface area contributed by atoms with Crippen LogP contribution in [0.1, 0.15) is 17.7 Å². The van der Waals surface area contributed by atoms with Gasteiger partial charge in [-0.25, -0.2) is 0 Å². The van der Waals surface area contributed by atoms with Crippen molar-refractivity contribution in [2.75, 3.05) is 0 Å². The van der Waals surface area contributed by atoms with Crippen LogP contribution in [0.25, 0.3) is 50.1 Å². The fraction of sp³-hybridized carbons (Fsp3) is 0.0833. The first-order valence-electron chi connectivity index (χ1n) is 9.12. The molecule has 3 heteroatoms. The molecule has 0 radical (unpaired) electrons. The van der Waals surface area contributed by atoms with Crippen molar-refractivity contribution in [3.05, 3.63) is 76.5 Å². The van der Waals surface area contributed by atoms with Crippen LogP contribution in [0.2, 0.25) is 0 Å². The first-order valence-corrected chi connectivity index (χ1v) is 9.91. The van der Waals surface area contributed by atoms with Crippen LogP contribution in [0.15, 0.2) is 74.0 Å². The Morgan fingerprint density at radius 2 is 1.70 bits per heavy atom. The number of hydrogen-bond acceptors (Lipinski definition) is 2. The number of hydrogen-bond donors (Lipinski definition) is 0. The number of halogens is 1. The maximum atomic E-state index is 6.36. The van der Waals surface area contributed by atoms with E-state index in [2.05, 4.69) is 64.5 Å². The van der Waals surface area contributed by atoms with Crippen molar-refractivity contribution in [1.82, 2.24) is 0 Å². The van der Waals surface area contributed by atoms with Crippen LogP contribution in [0.4, 0.5) is 0 Å². The molecule has 0 atom stereocenters. The third-order valence-corrected chi connectivity index (χ3v) is 5.89. The molecular formula is C24H15BrO2. The van der Waals surface area contributed by atoms with Gasteiger partial charge in [-0.05, 0) is 48.7 Å². The fourth-order valence-electron chi connectivity index (χ4n) is 4.19. The van der Waals surface area contributed by atoms with Crippen molar-refractivity contribution >= 4 is 54.9 Å². The van der Waals surface area contributed by atoms with Crippen molar-refractivity contribution in [1.29, 1.82) is 0 Å². The number of allylic oxidation sites excluding steroid dienone is 1. The zero-order valence-electron chi connectivity index (χ0n) is 14.5. The molecule has 0 saturated heterocycles. The van der Waals surface area contributed by atoms with Crippen LogP contribution in [-0.4, -0.2) is 0 Å². The molecule has 3 aromatic carbocycles. The van der Waals surface area contributed by atoms with E-state index >= 15 is 0 Å². The molecule has 2 aromatic heterocycles. The molecule has 6 rings (SSSR count). The Morgan fingerprint density at radius 1 is 0.815 bits per heavy atom. The van der Waals surface area contributed by atoms with Crippen LogP contribution < -0.4 is 0 Å². The summed E-state index contributed by atoms with van der Waals surface area (Å²) < 4.78 is 13.7. The van der Waals surface area contributed by atoms with E-state index in [1.807, 2.05) is 18.2 Å². The average Bonchev–Trinajstić information content (AvgIpc) is 3.24. The Hall–Kier alpha value is -2.78. The molecule has 0 amide bonds. The summed E-state index contributed by atoms with van der Waals surface area (Å²) in [4.78, 5) is 0. The molecule has 0 aliphatic heterocycles. The van der Waals surface area contributed by atoms with Crippen molar-refractivity contribution in [2.45, 2.75) is 12.8 Å². The summed E-state index contributed by atoms with van der Waals surface area (Å²) in [5.74, 6) is 0.976. The molecule has 0 unspecified atom stereocenters. The Morgan fingerprint density at radius 3 is 2.63 bits per heavy atom. The molecule has 2 heterocycles. The van der Waals surface area contributed by atoms with E-state index in [1.165, 1.54) is 10.9 Å². The Balaban J connectivity index is 1.85. The molecular weight excluding hydrogens is 400 g/mol. The first kappa shape index (κ1) is 15.3. The lowest BCUT2D eigenvalue weighted by molar-refractivity contribution is 0.595. The van der Waals surface area contributed by atoms with Gasteiger partial charge >= 0.3 is 0 Å². The highest BCUT2D eigenvalue weighted by atomic mass is 79.9. The minimum atomic E-state index is 0.886. The molecule has 0 bridgehead atoms. The van der Waals surface area contributed by atoms with Gasteiger partial charge in [-0.1, -0.05) is 52.3 Å². The van der Waals surface area contributed by atoms with Crippen molar-refractivity contribution in [3.8, 4) is 11.1 Å². The van der Waals surface area contributed by atoms with Gasteiger partial charge in [0.25, 0.3) is 0 Å². The van der Waals surface area contributed by atoms with Crippen LogP contribution in [0.5, 0.6) is 0 Å². The predicted octanol–water partition coefficient (Wildman–Crippen LogP) is 7.72. The largest absolute Gasteiger partial charge is 0.456 e. The fourth-order valence-corrected chi connectivity index (χ4v) is 4.59. The maximum absolute atomic E-state index is 6.36. The molecule has 1 aliphatic carbocycles. The maximum Gasteiger partial charge on any atom is 0.147 e. The highest BCUT2D eigenvalue weighted by molar-refractivity contribution is 9.10. The first-order chi connectivity index (χ1) is 13.3. The summed E-state index contributed by atoms with van der Waals surface area (Å²) in [6.07, 6.45) is 6.35. The van der Waals surface area contributed by atoms with Gasteiger partial charge in [-0.3, -0.25) is 0 Å². The van der Waals surface area contributed by atoms with Gasteiger partial charge in [0.15, 0.2) is 0 Å². The second-order valence-electron chi connectivity index (χ2n) is 7.00. The van der Waals surface area contributed by atoms with Gasteiger partial charge in [0.05, 0.1) is 5.56 Å². The molecule has 0 N–H and O–H groups in total. The Labute approximate surface area is 164 Å². The third-order valence-electron chi connectivity index (χ3n) is 5.40. The number of rotatable bonds is 1. The van der Waals surface area contributed by atoms with Gasteiger partial charge < -0.3 is 8.83 Å². The van der Waals surface area contributed by atoms with E-state index < -0.39 is 0 Å². The zero-order chi connectivity index (χ0) is 18.0. The smallest absolute Gasteiger partial charge is 0.147 e. The quantitative estimate of drug-likeness (QED) is 0.280. The highest BCUT2D eigenvalue weighted by Gasteiger charge is 2.23. The van der Waals surface area contributed by atoms with E-state index in [1.54, 1.807) is 0 Å². The van der Waals surface area contributed by atoms with Gasteiger partial charge in [-0.2, -0.15) is 0 Å². The standard InChI is InChI=1S/C24H15BrO2/c25-15-7-5-6-14(12-15)22-23-18(16-8-1-3-10-20(16)26-23)13-19-17-9-2-4-11-21(17)27-24(19)22/h1,3-8,10-13H,2,9H2. The molecule has 27 heavy (non-hydrogen) atoms. The molecule has 5 aromatic rings. The molecule has 0 spiro atoms. The average molecular weight is 415 g/mol. The topological polar surface area (TPSA) is 26.3 Å². The lowest BCUT2D eigenvalue weighted by Gasteiger charge is -2.06. The second kappa shape index (κ2) is 5.61. The van der Waals surface area contributed by atoms with Gasteiger partial charge in [-0.15, -0.1) is 0 Å². The third kappa shape index (κ3) is 2.18. The van der Waals surface area contributed by atoms with Crippen molar-refractivity contribution < 1.29 is 8.83 Å². The lowest BCUT2D eigenvalue weighted by Crippen LogP contribution is -1.89. The van der Waals surface area contributed by atoms with Crippen molar-refractivity contribution in [3.63, 3.8) is 0 Å². The summed E-state index contributed by atoms with van der Waals surface area (Å²) in [6.45, 7) is 0. The van der Waals surface area contributed by atoms with Crippen molar-refractivity contribution in [2.24, 2.45) is 0 Å². The van der Waals surface area contributed by atoms with Gasteiger partial charge in [0.2, 0.25) is 0 Å². The molecule has 0 fully saturated rings. The summed E-state index contributed by atoms with van der Waals surface area (Å²) >= 11 is 3.61. The number of benzene rings is 3. The summed E-state index contributed by atoms with van der Waals surface area (Å²) in [6, 6.07) is 18.8. The van der Waals surface area contributed by atoms with E-state index in [9.17, 15) is 0 Å². The Bertz CT molecular complexity index is 1380. The van der Waals surface area contributed by atoms with Gasteiger partial charge in [0, 0.05) is 26.2 Å². The second-order valence-corrected chi connectivity index (χ2v) is 7.92. The highest BCUT2D eigenvalue weighted by Crippen LogP contribution is 2.44. The lowest BCUT2D eigenvalue weighted by atomic mass is 9.95. The van der Waals surface area contributed by atoms with E-state index in [0.717, 1.165) is 61.7 Å². The van der Waals surface area contributed by atoms with Crippen LogP contribution in [0.3, 0.4) is 0 Å². The minimum Gasteiger partial charge on any atom is -0.456 e. The minimum absolute atomic E-state index is 0.886. The Kier molecular flexibility index (Phi) is 3.18. The molecule has 2 nitrogen and oxygen atoms in total. The summed E-state index contributed by atoms with van der Waals surface area (Å²) in [7, 11) is 0. The SMILES string of the molecule is Brc1cccc(-c2c3oc4c(c3cc3c2oc2ccccc23)CCC=C4)c1. The van der Waals surface area contributed by atoms with Crippen LogP contribution in [0, 0.1) is 0 Å². The number of furan rings is 2. The van der Waals surface area contributed by atoms with E-state index in [4.69, 9.17) is 8.83 Å². The predicted molar refractivity (Wildman–Crippen MR) is 114 cm³/mol.